The van der Waals surface area contributed by atoms with Crippen LogP contribution in [0.25, 0.3) is 5.57 Å². The third-order valence-electron chi connectivity index (χ3n) is 2.98. The van der Waals surface area contributed by atoms with Crippen LogP contribution in [0, 0.1) is 11.2 Å². The molecule has 0 atom stereocenters. The number of nitrogens with two attached hydrogens (primary N) is 1. The van der Waals surface area contributed by atoms with Gasteiger partial charge in [0.15, 0.2) is 6.29 Å². The maximum Gasteiger partial charge on any atom is 0.166 e. The highest BCUT2D eigenvalue weighted by atomic mass is 19.1. The molecular formula is C14H13FN2O. The first-order valence-electron chi connectivity index (χ1n) is 5.61. The lowest BCUT2D eigenvalue weighted by atomic mass is 9.88. The Morgan fingerprint density at radius 3 is 2.50 bits per heavy atom. The summed E-state index contributed by atoms with van der Waals surface area (Å²) in [5.74, 6) is -0.281. The second kappa shape index (κ2) is 4.96. The van der Waals surface area contributed by atoms with Gasteiger partial charge >= 0.3 is 0 Å². The number of allylic oxidation sites excluding steroid dienone is 4. The fourth-order valence-electron chi connectivity index (χ4n) is 1.99. The summed E-state index contributed by atoms with van der Waals surface area (Å²) in [6.07, 6.45) is 3.51. The fraction of sp³-hybridized carbons (Fsp3) is 0.143. The van der Waals surface area contributed by atoms with Crippen molar-refractivity contribution in [1.82, 2.24) is 0 Å². The average Bonchev–Trinajstić information content (AvgIpc) is 2.38. The molecule has 0 heterocycles. The number of halogens is 1. The summed E-state index contributed by atoms with van der Waals surface area (Å²) in [6, 6.07) is 6.16. The van der Waals surface area contributed by atoms with Gasteiger partial charge in [-0.15, -0.1) is 0 Å². The smallest absolute Gasteiger partial charge is 0.166 e. The molecule has 1 aromatic rings. The van der Waals surface area contributed by atoms with E-state index >= 15 is 0 Å². The predicted octanol–water partition coefficient (Wildman–Crippen LogP) is 2.43. The van der Waals surface area contributed by atoms with Gasteiger partial charge in [-0.1, -0.05) is 12.1 Å². The van der Waals surface area contributed by atoms with Gasteiger partial charge in [-0.25, -0.2) is 4.39 Å². The second-order valence-electron chi connectivity index (χ2n) is 4.14. The molecule has 0 aliphatic heterocycles. The highest BCUT2D eigenvalue weighted by Crippen LogP contribution is 2.28. The Morgan fingerprint density at radius 1 is 1.28 bits per heavy atom. The van der Waals surface area contributed by atoms with Crippen LogP contribution < -0.4 is 5.73 Å². The molecule has 0 saturated carbocycles. The number of nitrogens with one attached hydrogen (secondary N) is 1. The number of rotatable bonds is 2. The molecule has 0 spiro atoms. The summed E-state index contributed by atoms with van der Waals surface area (Å²) < 4.78 is 12.8. The zero-order valence-electron chi connectivity index (χ0n) is 9.74. The Hall–Kier alpha value is -2.23. The van der Waals surface area contributed by atoms with Crippen LogP contribution in [-0.4, -0.2) is 12.0 Å². The fourth-order valence-corrected chi connectivity index (χ4v) is 1.99. The van der Waals surface area contributed by atoms with E-state index in [1.165, 1.54) is 12.1 Å². The van der Waals surface area contributed by atoms with Crippen molar-refractivity contribution in [3.05, 3.63) is 53.0 Å². The van der Waals surface area contributed by atoms with Gasteiger partial charge in [-0.3, -0.25) is 4.79 Å². The number of benzene rings is 1. The van der Waals surface area contributed by atoms with E-state index in [1.54, 1.807) is 18.2 Å². The van der Waals surface area contributed by atoms with Gasteiger partial charge in [0.05, 0.1) is 11.4 Å². The molecule has 2 rings (SSSR count). The Bertz CT molecular complexity index is 556. The standard InChI is InChI=1S/C14H13FN2O/c15-11-4-1-9(2-5-11)10-3-6-12(13(16)7-10)14(17)8-18/h1-2,4-5,7-8,16H,3,6,17H2. The highest BCUT2D eigenvalue weighted by Gasteiger charge is 2.16. The molecule has 0 aromatic heterocycles. The molecular weight excluding hydrogens is 231 g/mol. The Balaban J connectivity index is 2.32. The monoisotopic (exact) mass is 244 g/mol. The maximum absolute atomic E-state index is 12.8. The molecule has 1 aliphatic rings. The van der Waals surface area contributed by atoms with Crippen molar-refractivity contribution >= 4 is 17.6 Å². The quantitative estimate of drug-likeness (QED) is 0.619. The lowest BCUT2D eigenvalue weighted by Crippen LogP contribution is -2.14. The van der Waals surface area contributed by atoms with Gasteiger partial charge in [0.2, 0.25) is 0 Å². The first kappa shape index (κ1) is 12.2. The van der Waals surface area contributed by atoms with Crippen LogP contribution in [0.2, 0.25) is 0 Å². The van der Waals surface area contributed by atoms with Crippen LogP contribution in [0.1, 0.15) is 18.4 Å². The summed E-state index contributed by atoms with van der Waals surface area (Å²) in [7, 11) is 0. The van der Waals surface area contributed by atoms with E-state index in [2.05, 4.69) is 0 Å². The van der Waals surface area contributed by atoms with E-state index in [0.717, 1.165) is 11.1 Å². The predicted molar refractivity (Wildman–Crippen MR) is 68.6 cm³/mol. The summed E-state index contributed by atoms with van der Waals surface area (Å²) >= 11 is 0. The molecule has 3 nitrogen and oxygen atoms in total. The normalized spacial score (nSPS) is 18.3. The molecule has 1 aromatic carbocycles. The zero-order chi connectivity index (χ0) is 13.1. The van der Waals surface area contributed by atoms with Gasteiger partial charge in [0.1, 0.15) is 5.82 Å². The summed E-state index contributed by atoms with van der Waals surface area (Å²) in [5.41, 5.74) is 8.34. The van der Waals surface area contributed by atoms with Crippen molar-refractivity contribution in [3.8, 4) is 0 Å². The number of carbonyl (C=O) groups excluding carboxylic acids is 1. The van der Waals surface area contributed by atoms with E-state index < -0.39 is 0 Å². The van der Waals surface area contributed by atoms with Crippen molar-refractivity contribution in [3.63, 3.8) is 0 Å². The number of hydrogen-bond donors (Lipinski definition) is 2. The SMILES string of the molecule is N=C1C=C(c2ccc(F)cc2)CCC1=C(N)C=O. The molecule has 0 saturated heterocycles. The van der Waals surface area contributed by atoms with Crippen molar-refractivity contribution in [2.75, 3.05) is 0 Å². The Kier molecular flexibility index (Phi) is 3.37. The van der Waals surface area contributed by atoms with E-state index in [0.29, 0.717) is 24.7 Å². The second-order valence-corrected chi connectivity index (χ2v) is 4.14. The van der Waals surface area contributed by atoms with Crippen molar-refractivity contribution < 1.29 is 9.18 Å². The van der Waals surface area contributed by atoms with Crippen LogP contribution in [0.5, 0.6) is 0 Å². The topological polar surface area (TPSA) is 66.9 Å². The van der Waals surface area contributed by atoms with Crippen LogP contribution in [-0.2, 0) is 4.79 Å². The maximum atomic E-state index is 12.8. The summed E-state index contributed by atoms with van der Waals surface area (Å²) in [5, 5.41) is 7.85. The first-order chi connectivity index (χ1) is 8.61. The Labute approximate surface area is 104 Å². The molecule has 0 fully saturated rings. The lowest BCUT2D eigenvalue weighted by Gasteiger charge is -2.17. The highest BCUT2D eigenvalue weighted by molar-refractivity contribution is 6.13. The molecule has 92 valence electrons. The minimum Gasteiger partial charge on any atom is -0.396 e. The van der Waals surface area contributed by atoms with E-state index in [9.17, 15) is 9.18 Å². The number of aldehydes is 1. The minimum absolute atomic E-state index is 0.120. The van der Waals surface area contributed by atoms with Crippen molar-refractivity contribution in [1.29, 1.82) is 5.41 Å². The van der Waals surface area contributed by atoms with E-state index in [1.807, 2.05) is 0 Å². The Morgan fingerprint density at radius 2 is 1.94 bits per heavy atom. The minimum atomic E-state index is -0.281. The molecule has 3 N–H and O–H groups in total. The third kappa shape index (κ3) is 2.37. The van der Waals surface area contributed by atoms with Crippen molar-refractivity contribution in [2.24, 2.45) is 5.73 Å². The van der Waals surface area contributed by atoms with Crippen molar-refractivity contribution in [2.45, 2.75) is 12.8 Å². The molecule has 0 amide bonds. The van der Waals surface area contributed by atoms with Gasteiger partial charge < -0.3 is 11.1 Å². The first-order valence-corrected chi connectivity index (χ1v) is 5.61. The largest absolute Gasteiger partial charge is 0.396 e. The van der Waals surface area contributed by atoms with E-state index in [-0.39, 0.29) is 17.2 Å². The molecule has 0 radical (unpaired) electrons. The van der Waals surface area contributed by atoms with Gasteiger partial charge in [-0.2, -0.15) is 0 Å². The van der Waals surface area contributed by atoms with Gasteiger partial charge in [0.25, 0.3) is 0 Å². The lowest BCUT2D eigenvalue weighted by molar-refractivity contribution is -0.105. The molecule has 4 heteroatoms. The van der Waals surface area contributed by atoms with Crippen LogP contribution in [0.4, 0.5) is 4.39 Å². The van der Waals surface area contributed by atoms with Gasteiger partial charge in [-0.05, 0) is 42.2 Å². The molecule has 0 bridgehead atoms. The average molecular weight is 244 g/mol. The summed E-state index contributed by atoms with van der Waals surface area (Å²) in [4.78, 5) is 10.6. The number of hydrogen-bond acceptors (Lipinski definition) is 3. The number of carbonyl (C=O) groups is 1. The molecule has 1 aliphatic carbocycles. The zero-order valence-corrected chi connectivity index (χ0v) is 9.74. The van der Waals surface area contributed by atoms with Crippen LogP contribution >= 0.6 is 0 Å². The third-order valence-corrected chi connectivity index (χ3v) is 2.98. The molecule has 18 heavy (non-hydrogen) atoms. The van der Waals surface area contributed by atoms with Crippen LogP contribution in [0.15, 0.2) is 41.6 Å². The summed E-state index contributed by atoms with van der Waals surface area (Å²) in [6.45, 7) is 0. The van der Waals surface area contributed by atoms with Crippen LogP contribution in [0.3, 0.4) is 0 Å². The molecule has 0 unspecified atom stereocenters. The van der Waals surface area contributed by atoms with Gasteiger partial charge in [0, 0.05) is 5.57 Å². The van der Waals surface area contributed by atoms with E-state index in [4.69, 9.17) is 11.1 Å².